The summed E-state index contributed by atoms with van der Waals surface area (Å²) >= 11 is 0. The van der Waals surface area contributed by atoms with Gasteiger partial charge in [-0.05, 0) is 31.6 Å². The SMILES string of the molecule is CCCCCCCCCCCCCCCCCCCCCCCCC(=O)O[C@H](COC(=O)CCCCCCCCCCCCCCCCC)COP(=O)(O)OC[C@@H](O)COP(=O)(O)OC[C@@H](COC(=O)CCCCCCC)OC(=O)CCCCCCCCC(C)CC. The third kappa shape index (κ3) is 65.4. The Hall–Kier alpha value is -1.94. The first-order valence-electron chi connectivity index (χ1n) is 38.2. The molecule has 0 aliphatic heterocycles. The zero-order valence-electron chi connectivity index (χ0n) is 59.7. The molecule has 19 heteroatoms. The van der Waals surface area contributed by atoms with Crippen molar-refractivity contribution in [3.05, 3.63) is 0 Å². The zero-order valence-corrected chi connectivity index (χ0v) is 61.5. The molecule has 92 heavy (non-hydrogen) atoms. The molecule has 6 atom stereocenters. The molecule has 546 valence electrons. The summed E-state index contributed by atoms with van der Waals surface area (Å²) in [5.74, 6) is -1.41. The van der Waals surface area contributed by atoms with Gasteiger partial charge in [0.1, 0.15) is 19.3 Å². The van der Waals surface area contributed by atoms with Gasteiger partial charge >= 0.3 is 39.5 Å². The summed E-state index contributed by atoms with van der Waals surface area (Å²) in [7, 11) is -9.89. The van der Waals surface area contributed by atoms with E-state index in [2.05, 4.69) is 34.6 Å². The third-order valence-corrected chi connectivity index (χ3v) is 19.3. The van der Waals surface area contributed by atoms with Gasteiger partial charge in [0.25, 0.3) is 0 Å². The molecule has 17 nitrogen and oxygen atoms in total. The highest BCUT2D eigenvalue weighted by Gasteiger charge is 2.30. The maximum Gasteiger partial charge on any atom is 0.472 e. The van der Waals surface area contributed by atoms with E-state index in [4.69, 9.17) is 37.0 Å². The number of carbonyl (C=O) groups is 4. The van der Waals surface area contributed by atoms with Crippen LogP contribution in [0.2, 0.25) is 0 Å². The fraction of sp³-hybridized carbons (Fsp3) is 0.945. The Morgan fingerprint density at radius 1 is 0.304 bits per heavy atom. The molecule has 0 aromatic heterocycles. The molecule has 0 aromatic rings. The molecule has 0 fully saturated rings. The molecule has 0 bridgehead atoms. The normalized spacial score (nSPS) is 14.3. The molecule has 0 spiro atoms. The highest BCUT2D eigenvalue weighted by molar-refractivity contribution is 7.47. The molecular formula is C73H142O17P2. The largest absolute Gasteiger partial charge is 0.472 e. The van der Waals surface area contributed by atoms with Gasteiger partial charge in [0.15, 0.2) is 12.2 Å². The smallest absolute Gasteiger partial charge is 0.462 e. The van der Waals surface area contributed by atoms with Crippen LogP contribution in [0, 0.1) is 5.92 Å². The molecule has 0 heterocycles. The Morgan fingerprint density at radius 2 is 0.522 bits per heavy atom. The molecule has 0 aliphatic carbocycles. The lowest BCUT2D eigenvalue weighted by Gasteiger charge is -2.21. The summed E-state index contributed by atoms with van der Waals surface area (Å²) in [6.45, 7) is 7.12. The van der Waals surface area contributed by atoms with Crippen molar-refractivity contribution in [2.24, 2.45) is 5.92 Å². The number of phosphoric ester groups is 2. The van der Waals surface area contributed by atoms with Crippen LogP contribution in [-0.4, -0.2) is 96.7 Å². The van der Waals surface area contributed by atoms with Gasteiger partial charge in [0.2, 0.25) is 0 Å². The van der Waals surface area contributed by atoms with Crippen LogP contribution >= 0.6 is 15.6 Å². The second kappa shape index (κ2) is 66.3. The van der Waals surface area contributed by atoms with Crippen LogP contribution in [0.25, 0.3) is 0 Å². The van der Waals surface area contributed by atoms with E-state index >= 15 is 0 Å². The average Bonchev–Trinajstić information content (AvgIpc) is 2.02. The molecule has 0 rings (SSSR count). The number of carbonyl (C=O) groups excluding carboxylic acids is 4. The fourth-order valence-electron chi connectivity index (χ4n) is 11.1. The Labute approximate surface area is 562 Å². The van der Waals surface area contributed by atoms with Crippen LogP contribution in [-0.2, 0) is 65.4 Å². The van der Waals surface area contributed by atoms with Crippen LogP contribution in [0.4, 0.5) is 0 Å². The van der Waals surface area contributed by atoms with Crippen LogP contribution in [0.15, 0.2) is 0 Å². The molecule has 0 aromatic carbocycles. The summed E-state index contributed by atoms with van der Waals surface area (Å²) in [6, 6.07) is 0. The lowest BCUT2D eigenvalue weighted by molar-refractivity contribution is -0.161. The van der Waals surface area contributed by atoms with Crippen molar-refractivity contribution in [3.63, 3.8) is 0 Å². The molecule has 3 unspecified atom stereocenters. The summed E-state index contributed by atoms with van der Waals surface area (Å²) in [4.78, 5) is 72.3. The van der Waals surface area contributed by atoms with Gasteiger partial charge < -0.3 is 33.8 Å². The Balaban J connectivity index is 5.10. The van der Waals surface area contributed by atoms with Gasteiger partial charge in [-0.15, -0.1) is 0 Å². The van der Waals surface area contributed by atoms with Gasteiger partial charge in [0, 0.05) is 25.7 Å². The first kappa shape index (κ1) is 90.1. The monoisotopic (exact) mass is 1350 g/mol. The van der Waals surface area contributed by atoms with Crippen LogP contribution in [0.5, 0.6) is 0 Å². The van der Waals surface area contributed by atoms with E-state index < -0.39 is 97.5 Å². The standard InChI is InChI=1S/C73H142O17P2/c1-6-10-13-16-18-20-22-24-26-27-28-29-30-31-32-34-36-38-40-42-48-53-58-72(77)89-69(63-84-71(76)57-52-47-41-39-37-35-33-25-23-21-19-17-14-11-7-2)65-88-92(81,82)86-61-67(74)60-85-91(79,80)87-64-68(62-83-70(75)56-51-45-15-12-8-3)90-73(78)59-54-49-44-43-46-50-55-66(5)9-4/h66-69,74H,6-65H2,1-5H3,(H,79,80)(H,81,82)/t66?,67-,68+,69+/m0/s1. The van der Waals surface area contributed by atoms with Crippen LogP contribution in [0.1, 0.15) is 381 Å². The summed E-state index contributed by atoms with van der Waals surface area (Å²) in [5.41, 5.74) is 0. The maximum absolute atomic E-state index is 13.1. The number of rotatable bonds is 73. The minimum Gasteiger partial charge on any atom is -0.462 e. The Kier molecular flexibility index (Phi) is 64.9. The molecule has 0 saturated heterocycles. The Morgan fingerprint density at radius 3 is 0.772 bits per heavy atom. The van der Waals surface area contributed by atoms with Crippen LogP contribution in [0.3, 0.4) is 0 Å². The minimum atomic E-state index is -4.95. The number of esters is 4. The van der Waals surface area contributed by atoms with Gasteiger partial charge in [-0.2, -0.15) is 0 Å². The highest BCUT2D eigenvalue weighted by Crippen LogP contribution is 2.45. The number of unbranched alkanes of at least 4 members (excludes halogenated alkanes) is 44. The molecule has 0 amide bonds. The molecular weight excluding hydrogens is 1210 g/mol. The van der Waals surface area contributed by atoms with Gasteiger partial charge in [-0.25, -0.2) is 9.13 Å². The summed E-state index contributed by atoms with van der Waals surface area (Å²) in [5, 5.41) is 10.6. The van der Waals surface area contributed by atoms with E-state index in [0.717, 1.165) is 102 Å². The first-order valence-corrected chi connectivity index (χ1v) is 41.2. The topological polar surface area (TPSA) is 237 Å². The minimum absolute atomic E-state index is 0.102. The van der Waals surface area contributed by atoms with Crippen molar-refractivity contribution in [1.29, 1.82) is 0 Å². The second-order valence-corrected chi connectivity index (χ2v) is 29.5. The number of hydrogen-bond acceptors (Lipinski definition) is 15. The molecule has 3 N–H and O–H groups in total. The third-order valence-electron chi connectivity index (χ3n) is 17.4. The zero-order chi connectivity index (χ0) is 67.7. The van der Waals surface area contributed by atoms with E-state index in [1.165, 1.54) is 199 Å². The average molecular weight is 1350 g/mol. The van der Waals surface area contributed by atoms with E-state index in [0.29, 0.717) is 25.7 Å². The van der Waals surface area contributed by atoms with E-state index in [9.17, 15) is 43.2 Å². The van der Waals surface area contributed by atoms with E-state index in [1.807, 2.05) is 0 Å². The number of hydrogen-bond donors (Lipinski definition) is 3. The van der Waals surface area contributed by atoms with Gasteiger partial charge in [0.05, 0.1) is 26.4 Å². The van der Waals surface area contributed by atoms with Crippen LogP contribution < -0.4 is 0 Å². The lowest BCUT2D eigenvalue weighted by atomic mass is 10.00. The maximum atomic E-state index is 13.1. The summed E-state index contributed by atoms with van der Waals surface area (Å²) < 4.78 is 68.1. The van der Waals surface area contributed by atoms with Gasteiger partial charge in [-0.3, -0.25) is 37.3 Å². The van der Waals surface area contributed by atoms with Crippen molar-refractivity contribution < 1.29 is 80.2 Å². The fourth-order valence-corrected chi connectivity index (χ4v) is 12.7. The number of aliphatic hydroxyl groups is 1. The van der Waals surface area contributed by atoms with E-state index in [1.54, 1.807) is 0 Å². The molecule has 0 saturated carbocycles. The number of phosphoric acid groups is 2. The number of ether oxygens (including phenoxy) is 4. The Bertz CT molecular complexity index is 1770. The lowest BCUT2D eigenvalue weighted by Crippen LogP contribution is -2.30. The molecule has 0 aliphatic rings. The van der Waals surface area contributed by atoms with Crippen molar-refractivity contribution >= 4 is 39.5 Å². The molecule has 0 radical (unpaired) electrons. The van der Waals surface area contributed by atoms with Crippen molar-refractivity contribution in [1.82, 2.24) is 0 Å². The quantitative estimate of drug-likeness (QED) is 0.0222. The van der Waals surface area contributed by atoms with Crippen molar-refractivity contribution in [3.8, 4) is 0 Å². The highest BCUT2D eigenvalue weighted by atomic mass is 31.2. The summed E-state index contributed by atoms with van der Waals surface area (Å²) in [6.07, 6.45) is 54.8. The second-order valence-electron chi connectivity index (χ2n) is 26.6. The van der Waals surface area contributed by atoms with Crippen molar-refractivity contribution in [2.45, 2.75) is 400 Å². The van der Waals surface area contributed by atoms with E-state index in [-0.39, 0.29) is 25.7 Å². The van der Waals surface area contributed by atoms with Gasteiger partial charge in [-0.1, -0.05) is 330 Å². The van der Waals surface area contributed by atoms with Crippen molar-refractivity contribution in [2.75, 3.05) is 39.6 Å². The predicted molar refractivity (Wildman–Crippen MR) is 372 cm³/mol. The number of aliphatic hydroxyl groups excluding tert-OH is 1. The predicted octanol–water partition coefficient (Wildman–Crippen LogP) is 21.3. The first-order chi connectivity index (χ1) is 44.6.